The third-order valence-corrected chi connectivity index (χ3v) is 5.08. The molecule has 1 aromatic rings. The molecule has 1 atom stereocenters. The first-order chi connectivity index (χ1) is 11.4. The molecule has 2 rings (SSSR count). The normalized spacial score (nSPS) is 18.1. The highest BCUT2D eigenvalue weighted by Crippen LogP contribution is 2.16. The maximum absolute atomic E-state index is 11.2. The maximum Gasteiger partial charge on any atom is 0.238 e. The first-order valence-corrected chi connectivity index (χ1v) is 9.55. The van der Waals surface area contributed by atoms with E-state index in [1.54, 1.807) is 26.3 Å². The van der Waals surface area contributed by atoms with Crippen LogP contribution >= 0.6 is 24.0 Å². The van der Waals surface area contributed by atoms with Gasteiger partial charge in [-0.05, 0) is 30.5 Å². The number of nitrogens with zero attached hydrogens (tertiary/aromatic N) is 2. The van der Waals surface area contributed by atoms with Crippen LogP contribution in [0.25, 0.3) is 0 Å². The Bertz CT molecular complexity index is 664. The fraction of sp³-hybridized carbons (Fsp3) is 0.562. The molecule has 0 aromatic heterocycles. The van der Waals surface area contributed by atoms with Crippen LogP contribution in [0.1, 0.15) is 12.0 Å². The molecule has 1 aliphatic heterocycles. The van der Waals surface area contributed by atoms with E-state index < -0.39 is 10.0 Å². The van der Waals surface area contributed by atoms with Crippen molar-refractivity contribution in [3.05, 3.63) is 29.8 Å². The highest BCUT2D eigenvalue weighted by Gasteiger charge is 2.24. The van der Waals surface area contributed by atoms with Gasteiger partial charge in [0.1, 0.15) is 0 Å². The van der Waals surface area contributed by atoms with Crippen LogP contribution in [-0.2, 0) is 21.2 Å². The molecule has 1 heterocycles. The molecule has 3 N–H and O–H groups in total. The van der Waals surface area contributed by atoms with Gasteiger partial charge in [-0.1, -0.05) is 12.1 Å². The van der Waals surface area contributed by atoms with Crippen LogP contribution in [0.15, 0.2) is 34.2 Å². The van der Waals surface area contributed by atoms with Gasteiger partial charge >= 0.3 is 0 Å². The second-order valence-electron chi connectivity index (χ2n) is 5.97. The third-order valence-electron chi connectivity index (χ3n) is 4.15. The molecule has 0 aliphatic carbocycles. The van der Waals surface area contributed by atoms with E-state index in [1.807, 2.05) is 0 Å². The van der Waals surface area contributed by atoms with Crippen LogP contribution in [0, 0.1) is 5.92 Å². The summed E-state index contributed by atoms with van der Waals surface area (Å²) in [6.07, 6.45) is 1.89. The predicted octanol–water partition coefficient (Wildman–Crippen LogP) is 1.04. The monoisotopic (exact) mass is 482 g/mol. The van der Waals surface area contributed by atoms with Gasteiger partial charge in [-0.3, -0.25) is 4.99 Å². The Balaban J connectivity index is 0.00000312. The van der Waals surface area contributed by atoms with E-state index in [0.29, 0.717) is 5.92 Å². The Hall–Kier alpha value is -0.910. The molecule has 25 heavy (non-hydrogen) atoms. The minimum atomic E-state index is -3.63. The topological polar surface area (TPSA) is 97.0 Å². The number of methoxy groups -OCH3 is 1. The van der Waals surface area contributed by atoms with Crippen molar-refractivity contribution in [1.82, 2.24) is 10.2 Å². The van der Waals surface area contributed by atoms with E-state index in [4.69, 9.17) is 9.88 Å². The molecular formula is C16H27IN4O3S. The number of nitrogens with one attached hydrogen (secondary N) is 1. The van der Waals surface area contributed by atoms with Crippen molar-refractivity contribution in [2.75, 3.05) is 40.4 Å². The molecule has 0 bridgehead atoms. The summed E-state index contributed by atoms with van der Waals surface area (Å²) < 4.78 is 27.7. The van der Waals surface area contributed by atoms with E-state index in [1.165, 1.54) is 12.1 Å². The zero-order valence-electron chi connectivity index (χ0n) is 14.6. The number of rotatable bonds is 6. The fourth-order valence-corrected chi connectivity index (χ4v) is 3.41. The minimum Gasteiger partial charge on any atom is -0.384 e. The average molecular weight is 482 g/mol. The molecule has 7 nitrogen and oxygen atoms in total. The Morgan fingerprint density at radius 3 is 2.64 bits per heavy atom. The maximum atomic E-state index is 11.2. The van der Waals surface area contributed by atoms with Gasteiger partial charge in [0.25, 0.3) is 0 Å². The van der Waals surface area contributed by atoms with E-state index in [-0.39, 0.29) is 28.9 Å². The van der Waals surface area contributed by atoms with Crippen LogP contribution < -0.4 is 10.5 Å². The molecule has 1 saturated heterocycles. The zero-order valence-corrected chi connectivity index (χ0v) is 17.8. The van der Waals surface area contributed by atoms with Crippen LogP contribution in [0.2, 0.25) is 0 Å². The first kappa shape index (κ1) is 22.1. The van der Waals surface area contributed by atoms with E-state index in [9.17, 15) is 8.42 Å². The van der Waals surface area contributed by atoms with Crippen molar-refractivity contribution in [2.45, 2.75) is 17.7 Å². The van der Waals surface area contributed by atoms with Gasteiger partial charge in [-0.2, -0.15) is 0 Å². The zero-order chi connectivity index (χ0) is 17.6. The number of likely N-dealkylation sites (tertiary alicyclic amines) is 1. The van der Waals surface area contributed by atoms with Crippen molar-refractivity contribution >= 4 is 40.0 Å². The minimum absolute atomic E-state index is 0. The summed E-state index contributed by atoms with van der Waals surface area (Å²) in [6, 6.07) is 6.65. The summed E-state index contributed by atoms with van der Waals surface area (Å²) in [7, 11) is -0.113. The number of primary sulfonamides is 1. The number of hydrogen-bond acceptors (Lipinski definition) is 4. The second-order valence-corrected chi connectivity index (χ2v) is 7.53. The van der Waals surface area contributed by atoms with Gasteiger partial charge in [0.15, 0.2) is 5.96 Å². The van der Waals surface area contributed by atoms with Crippen molar-refractivity contribution in [2.24, 2.45) is 16.0 Å². The van der Waals surface area contributed by atoms with Gasteiger partial charge in [-0.15, -0.1) is 24.0 Å². The Morgan fingerprint density at radius 1 is 1.40 bits per heavy atom. The Morgan fingerprint density at radius 2 is 2.08 bits per heavy atom. The Labute approximate surface area is 167 Å². The molecule has 1 unspecified atom stereocenters. The summed E-state index contributed by atoms with van der Waals surface area (Å²) in [6.45, 7) is 3.45. The lowest BCUT2D eigenvalue weighted by atomic mass is 10.1. The van der Waals surface area contributed by atoms with E-state index in [0.717, 1.165) is 50.6 Å². The number of benzene rings is 1. The quantitative estimate of drug-likeness (QED) is 0.359. The fourth-order valence-electron chi connectivity index (χ4n) is 2.89. The number of guanidine groups is 1. The van der Waals surface area contributed by atoms with Crippen LogP contribution in [-0.4, -0.2) is 59.7 Å². The van der Waals surface area contributed by atoms with Crippen LogP contribution in [0.5, 0.6) is 0 Å². The standard InChI is InChI=1S/C16H26N4O3S.HI/c1-18-16(20-10-8-14(11-20)12-23-2)19-9-7-13-3-5-15(6-4-13)24(17,21)22;/h3-6,14H,7-12H2,1-2H3,(H,18,19)(H2,17,21,22);1H. The summed E-state index contributed by atoms with van der Waals surface area (Å²) in [5.41, 5.74) is 1.05. The molecule has 142 valence electrons. The van der Waals surface area contributed by atoms with Gasteiger partial charge < -0.3 is 15.0 Å². The lowest BCUT2D eigenvalue weighted by Gasteiger charge is -2.21. The molecule has 0 spiro atoms. The van der Waals surface area contributed by atoms with Crippen molar-refractivity contribution < 1.29 is 13.2 Å². The molecule has 1 aromatic carbocycles. The SMILES string of the molecule is CN=C(NCCc1ccc(S(N)(=O)=O)cc1)N1CCC(COC)C1.I. The number of nitrogens with two attached hydrogens (primary N) is 1. The highest BCUT2D eigenvalue weighted by molar-refractivity contribution is 14.0. The second kappa shape index (κ2) is 10.3. The summed E-state index contributed by atoms with van der Waals surface area (Å²) in [5, 5.41) is 8.46. The summed E-state index contributed by atoms with van der Waals surface area (Å²) in [5.74, 6) is 1.45. The molecule has 0 amide bonds. The third kappa shape index (κ3) is 6.72. The average Bonchev–Trinajstić information content (AvgIpc) is 3.00. The van der Waals surface area contributed by atoms with Gasteiger partial charge in [0, 0.05) is 39.7 Å². The summed E-state index contributed by atoms with van der Waals surface area (Å²) >= 11 is 0. The number of aliphatic imine (C=N–C) groups is 1. The molecular weight excluding hydrogens is 455 g/mol. The highest BCUT2D eigenvalue weighted by atomic mass is 127. The number of halogens is 1. The first-order valence-electron chi connectivity index (χ1n) is 8.00. The number of hydrogen-bond donors (Lipinski definition) is 2. The summed E-state index contributed by atoms with van der Waals surface area (Å²) in [4.78, 5) is 6.72. The number of ether oxygens (including phenoxy) is 1. The van der Waals surface area contributed by atoms with E-state index in [2.05, 4.69) is 15.2 Å². The molecule has 1 fully saturated rings. The lowest BCUT2D eigenvalue weighted by molar-refractivity contribution is 0.157. The number of sulfonamides is 1. The van der Waals surface area contributed by atoms with Crippen LogP contribution in [0.4, 0.5) is 0 Å². The molecule has 0 saturated carbocycles. The molecule has 1 aliphatic rings. The van der Waals surface area contributed by atoms with Gasteiger partial charge in [-0.25, -0.2) is 13.6 Å². The van der Waals surface area contributed by atoms with E-state index >= 15 is 0 Å². The van der Waals surface area contributed by atoms with Gasteiger partial charge in [0.2, 0.25) is 10.0 Å². The largest absolute Gasteiger partial charge is 0.384 e. The Kier molecular flexibility index (Phi) is 9.11. The molecule has 9 heteroatoms. The van der Waals surface area contributed by atoms with Crippen LogP contribution in [0.3, 0.4) is 0 Å². The van der Waals surface area contributed by atoms with Crippen molar-refractivity contribution in [3.8, 4) is 0 Å². The predicted molar refractivity (Wildman–Crippen MR) is 110 cm³/mol. The lowest BCUT2D eigenvalue weighted by Crippen LogP contribution is -2.41. The smallest absolute Gasteiger partial charge is 0.238 e. The molecule has 0 radical (unpaired) electrons. The van der Waals surface area contributed by atoms with Gasteiger partial charge in [0.05, 0.1) is 11.5 Å². The van der Waals surface area contributed by atoms with Crippen molar-refractivity contribution in [1.29, 1.82) is 0 Å². The van der Waals surface area contributed by atoms with Crippen molar-refractivity contribution in [3.63, 3.8) is 0 Å².